The van der Waals surface area contributed by atoms with E-state index in [1.54, 1.807) is 62.6 Å². The van der Waals surface area contributed by atoms with Crippen molar-refractivity contribution in [1.29, 1.82) is 0 Å². The lowest BCUT2D eigenvalue weighted by molar-refractivity contribution is 0.354. The van der Waals surface area contributed by atoms with Crippen LogP contribution in [0.5, 0.6) is 11.5 Å². The lowest BCUT2D eigenvalue weighted by atomic mass is 10.1. The van der Waals surface area contributed by atoms with Gasteiger partial charge in [0.2, 0.25) is 0 Å². The number of allylic oxidation sites excluding steroid dienone is 7. The Hall–Kier alpha value is -3.14. The van der Waals surface area contributed by atoms with Gasteiger partial charge in [-0.3, -0.25) is 0 Å². The monoisotopic (exact) mass is 489 g/mol. The summed E-state index contributed by atoms with van der Waals surface area (Å²) in [6.45, 7) is 7.79. The van der Waals surface area contributed by atoms with Gasteiger partial charge in [-0.25, -0.2) is 9.71 Å². The zero-order valence-corrected chi connectivity index (χ0v) is 20.6. The van der Waals surface area contributed by atoms with Crippen molar-refractivity contribution >= 4 is 34.5 Å². The molecule has 176 valence electrons. The molecular weight excluding hydrogens is 462 g/mol. The highest BCUT2D eigenvalue weighted by Gasteiger charge is 2.17. The Kier molecular flexibility index (Phi) is 10.1. The Morgan fingerprint density at radius 1 is 1.30 bits per heavy atom. The fourth-order valence-electron chi connectivity index (χ4n) is 2.72. The first-order valence-electron chi connectivity index (χ1n) is 9.92. The summed E-state index contributed by atoms with van der Waals surface area (Å²) in [4.78, 5) is 5.14. The maximum atomic E-state index is 12.8. The molecule has 1 heterocycles. The molecule has 0 spiro atoms. The Balaban J connectivity index is 2.31. The topological polar surface area (TPSA) is 116 Å². The number of nitrogens with zero attached hydrogens (tertiary/aromatic N) is 2. The van der Waals surface area contributed by atoms with Crippen LogP contribution in [0.2, 0.25) is 0 Å². The molecule has 8 nitrogen and oxygen atoms in total. The third kappa shape index (κ3) is 7.18. The molecule has 10 heteroatoms. The van der Waals surface area contributed by atoms with Crippen molar-refractivity contribution in [1.82, 2.24) is 10.1 Å². The molecule has 2 rings (SSSR count). The molecule has 0 amide bonds. The van der Waals surface area contributed by atoms with E-state index in [4.69, 9.17) is 26.8 Å². The molecule has 1 atom stereocenters. The van der Waals surface area contributed by atoms with Crippen LogP contribution in [0.15, 0.2) is 92.1 Å². The summed E-state index contributed by atoms with van der Waals surface area (Å²) in [5.41, 5.74) is 11.1. The van der Waals surface area contributed by atoms with Crippen LogP contribution in [0.25, 0.3) is 0 Å². The van der Waals surface area contributed by atoms with Crippen molar-refractivity contribution < 1.29 is 14.0 Å². The molecule has 1 aromatic carbocycles. The molecule has 1 aliphatic heterocycles. The second-order valence-electron chi connectivity index (χ2n) is 6.63. The first kappa shape index (κ1) is 26.1. The molecule has 0 saturated heterocycles. The van der Waals surface area contributed by atoms with Gasteiger partial charge in [0, 0.05) is 16.7 Å². The molecule has 0 bridgehead atoms. The molecule has 1 aliphatic rings. The number of ether oxygens (including phenoxy) is 2. The molecule has 0 saturated carbocycles. The number of halogens is 1. The van der Waals surface area contributed by atoms with Crippen molar-refractivity contribution in [2.45, 2.75) is 18.7 Å². The largest absolute Gasteiger partial charge is 0.588 e. The normalized spacial score (nSPS) is 17.4. The van der Waals surface area contributed by atoms with Gasteiger partial charge < -0.3 is 25.2 Å². The fourth-order valence-corrected chi connectivity index (χ4v) is 3.76. The van der Waals surface area contributed by atoms with Gasteiger partial charge in [0.25, 0.3) is 0 Å². The van der Waals surface area contributed by atoms with E-state index in [1.807, 2.05) is 6.92 Å². The van der Waals surface area contributed by atoms with Crippen LogP contribution in [0.1, 0.15) is 13.8 Å². The fraction of sp³-hybridized carbons (Fsp3) is 0.217. The van der Waals surface area contributed by atoms with Crippen LogP contribution in [0, 0.1) is 0 Å². The van der Waals surface area contributed by atoms with E-state index < -0.39 is 11.4 Å². The van der Waals surface area contributed by atoms with Gasteiger partial charge in [0.15, 0.2) is 22.2 Å². The molecular formula is C23H28ClN5O3S. The molecule has 4 N–H and O–H groups in total. The van der Waals surface area contributed by atoms with Gasteiger partial charge in [0.05, 0.1) is 32.2 Å². The predicted octanol–water partition coefficient (Wildman–Crippen LogP) is 3.68. The van der Waals surface area contributed by atoms with Crippen molar-refractivity contribution in [2.75, 3.05) is 20.8 Å². The molecule has 0 radical (unpaired) electrons. The van der Waals surface area contributed by atoms with E-state index in [9.17, 15) is 4.55 Å². The lowest BCUT2D eigenvalue weighted by Gasteiger charge is -2.14. The average molecular weight is 490 g/mol. The standard InChI is InChI=1S/C23H28ClN5O3S/c1-6-8-19(27-20-14-26-28-23(20)25)17(18(24)7-2)11-9-15(3)29-33(30)16-10-12-21(31-4)22(13-16)32-5/h6-13,26,29H,1,14H2,2-5H3,(H2,25,28)/b15-9+,17-11+,18-7+,19-8-,27-20+. The van der Waals surface area contributed by atoms with Gasteiger partial charge in [-0.2, -0.15) is 5.10 Å². The molecule has 0 fully saturated rings. The minimum absolute atomic E-state index is 0.319. The number of rotatable bonds is 10. The zero-order chi connectivity index (χ0) is 24.4. The van der Waals surface area contributed by atoms with E-state index in [-0.39, 0.29) is 0 Å². The minimum atomic E-state index is -1.51. The highest BCUT2D eigenvalue weighted by molar-refractivity contribution is 7.89. The van der Waals surface area contributed by atoms with E-state index >= 15 is 0 Å². The molecule has 1 unspecified atom stereocenters. The van der Waals surface area contributed by atoms with Crippen LogP contribution < -0.4 is 25.4 Å². The SMILES string of the molecule is C=C/C=C(\N=C1/CNN=C1N)C(=C/C=C(\C)N[S+]([O-])c1ccc(OC)c(OC)c1)/C(Cl)=C\C. The predicted molar refractivity (Wildman–Crippen MR) is 136 cm³/mol. The highest BCUT2D eigenvalue weighted by atomic mass is 35.5. The van der Waals surface area contributed by atoms with Crippen LogP contribution in [-0.2, 0) is 11.4 Å². The number of hydrogen-bond donors (Lipinski definition) is 3. The van der Waals surface area contributed by atoms with Crippen molar-refractivity contribution in [3.05, 3.63) is 77.2 Å². The number of aliphatic imine (C=N–C) groups is 1. The number of amidine groups is 1. The summed E-state index contributed by atoms with van der Waals surface area (Å²) in [6.07, 6.45) is 8.65. The summed E-state index contributed by atoms with van der Waals surface area (Å²) in [5, 5.41) is 4.42. The Labute approximate surface area is 202 Å². The van der Waals surface area contributed by atoms with Gasteiger partial charge >= 0.3 is 0 Å². The smallest absolute Gasteiger partial charge is 0.183 e. The van der Waals surface area contributed by atoms with Crippen LogP contribution in [0.3, 0.4) is 0 Å². The number of nitrogens with one attached hydrogen (secondary N) is 2. The Morgan fingerprint density at radius 3 is 2.61 bits per heavy atom. The van der Waals surface area contributed by atoms with Gasteiger partial charge in [-0.15, -0.1) is 0 Å². The van der Waals surface area contributed by atoms with Gasteiger partial charge in [0.1, 0.15) is 17.1 Å². The molecule has 33 heavy (non-hydrogen) atoms. The third-order valence-corrected chi connectivity index (χ3v) is 5.99. The third-order valence-electron chi connectivity index (χ3n) is 4.38. The first-order chi connectivity index (χ1) is 15.8. The minimum Gasteiger partial charge on any atom is -0.588 e. The molecule has 0 aliphatic carbocycles. The zero-order valence-electron chi connectivity index (χ0n) is 19.0. The van der Waals surface area contributed by atoms with E-state index in [0.717, 1.165) is 0 Å². The number of methoxy groups -OCH3 is 2. The van der Waals surface area contributed by atoms with Crippen LogP contribution in [-0.4, -0.2) is 36.9 Å². The van der Waals surface area contributed by atoms with Gasteiger partial charge in [-0.05, 0) is 44.2 Å². The quantitative estimate of drug-likeness (QED) is 0.341. The Morgan fingerprint density at radius 2 is 2.03 bits per heavy atom. The maximum absolute atomic E-state index is 12.8. The van der Waals surface area contributed by atoms with Crippen LogP contribution >= 0.6 is 11.6 Å². The Bertz CT molecular complexity index is 1060. The highest BCUT2D eigenvalue weighted by Crippen LogP contribution is 2.29. The lowest BCUT2D eigenvalue weighted by Crippen LogP contribution is -2.22. The first-order valence-corrected chi connectivity index (χ1v) is 11.5. The van der Waals surface area contributed by atoms with Crippen molar-refractivity contribution in [3.63, 3.8) is 0 Å². The van der Waals surface area contributed by atoms with Crippen LogP contribution in [0.4, 0.5) is 0 Å². The molecule has 0 aromatic heterocycles. The summed E-state index contributed by atoms with van der Waals surface area (Å²) in [7, 11) is 3.07. The van der Waals surface area contributed by atoms with E-state index in [0.29, 0.717) is 56.5 Å². The van der Waals surface area contributed by atoms with Gasteiger partial charge in [-0.1, -0.05) is 30.3 Å². The second-order valence-corrected chi connectivity index (χ2v) is 8.25. The number of benzene rings is 1. The summed E-state index contributed by atoms with van der Waals surface area (Å²) < 4.78 is 26.2. The summed E-state index contributed by atoms with van der Waals surface area (Å²) in [6, 6.07) is 5.07. The van der Waals surface area contributed by atoms with E-state index in [1.165, 1.54) is 7.11 Å². The maximum Gasteiger partial charge on any atom is 0.183 e. The van der Waals surface area contributed by atoms with E-state index in [2.05, 4.69) is 26.8 Å². The van der Waals surface area contributed by atoms with Crippen molar-refractivity contribution in [2.24, 2.45) is 15.8 Å². The molecule has 1 aromatic rings. The number of hydrogen-bond acceptors (Lipinski definition) is 8. The van der Waals surface area contributed by atoms with Crippen molar-refractivity contribution in [3.8, 4) is 11.5 Å². The number of hydrazone groups is 1. The average Bonchev–Trinajstić information content (AvgIpc) is 3.22. The summed E-state index contributed by atoms with van der Waals surface area (Å²) >= 11 is 4.95. The number of nitrogens with two attached hydrogens (primary N) is 1. The summed E-state index contributed by atoms with van der Waals surface area (Å²) in [5.74, 6) is 1.38. The second kappa shape index (κ2) is 12.8.